The van der Waals surface area contributed by atoms with E-state index in [1.165, 1.54) is 17.5 Å². The molecule has 4 rings (SSSR count). The standard InChI is InChI=1S/C17H21N5O2/c1-3-12(18)13-8-21-7-11(10-4-5-10)6-14(16(21)19-13)22-9-15(23)20(2)17(22)24/h6-8,10,12H,3-5,9,18H2,1-2H3/t12-/m1/s1. The van der Waals surface area contributed by atoms with E-state index in [4.69, 9.17) is 5.73 Å². The Morgan fingerprint density at radius 1 is 1.33 bits per heavy atom. The van der Waals surface area contributed by atoms with Crippen LogP contribution in [0.25, 0.3) is 5.65 Å². The monoisotopic (exact) mass is 327 g/mol. The molecule has 2 N–H and O–H groups in total. The molecule has 2 aromatic heterocycles. The van der Waals surface area contributed by atoms with Crippen LogP contribution in [0.1, 0.15) is 49.4 Å². The molecule has 1 aliphatic carbocycles. The van der Waals surface area contributed by atoms with E-state index in [1.54, 1.807) is 0 Å². The van der Waals surface area contributed by atoms with E-state index in [0.717, 1.165) is 29.9 Å². The summed E-state index contributed by atoms with van der Waals surface area (Å²) in [7, 11) is 1.51. The lowest BCUT2D eigenvalue weighted by Crippen LogP contribution is -2.30. The smallest absolute Gasteiger partial charge is 0.323 e. The molecule has 24 heavy (non-hydrogen) atoms. The number of urea groups is 1. The topological polar surface area (TPSA) is 83.9 Å². The van der Waals surface area contributed by atoms with E-state index in [2.05, 4.69) is 11.2 Å². The van der Waals surface area contributed by atoms with E-state index >= 15 is 0 Å². The molecule has 1 saturated carbocycles. The number of imide groups is 1. The van der Waals surface area contributed by atoms with Gasteiger partial charge in [0.05, 0.1) is 11.4 Å². The maximum absolute atomic E-state index is 12.4. The van der Waals surface area contributed by atoms with Crippen LogP contribution in [-0.2, 0) is 4.79 Å². The maximum Gasteiger partial charge on any atom is 0.331 e. The van der Waals surface area contributed by atoms with Crippen LogP contribution < -0.4 is 10.6 Å². The van der Waals surface area contributed by atoms with Crippen molar-refractivity contribution in [2.24, 2.45) is 5.73 Å². The van der Waals surface area contributed by atoms with Crippen molar-refractivity contribution in [2.45, 2.75) is 38.1 Å². The highest BCUT2D eigenvalue weighted by Crippen LogP contribution is 2.42. The summed E-state index contributed by atoms with van der Waals surface area (Å²) < 4.78 is 1.95. The van der Waals surface area contributed by atoms with Crippen LogP contribution in [0.2, 0.25) is 0 Å². The lowest BCUT2D eigenvalue weighted by Gasteiger charge is -2.17. The first-order chi connectivity index (χ1) is 11.5. The summed E-state index contributed by atoms with van der Waals surface area (Å²) in [4.78, 5) is 31.6. The van der Waals surface area contributed by atoms with Crippen LogP contribution in [0.3, 0.4) is 0 Å². The zero-order valence-corrected chi connectivity index (χ0v) is 13.9. The van der Waals surface area contributed by atoms with Crippen LogP contribution in [-0.4, -0.2) is 39.8 Å². The normalized spacial score (nSPS) is 19.6. The molecule has 0 aromatic carbocycles. The van der Waals surface area contributed by atoms with Gasteiger partial charge in [-0.1, -0.05) is 6.92 Å². The summed E-state index contributed by atoms with van der Waals surface area (Å²) in [6.07, 6.45) is 7.12. The summed E-state index contributed by atoms with van der Waals surface area (Å²) >= 11 is 0. The molecule has 7 heteroatoms. The largest absolute Gasteiger partial charge is 0.331 e. The third-order valence-electron chi connectivity index (χ3n) is 4.92. The van der Waals surface area contributed by atoms with Crippen LogP contribution in [0.4, 0.5) is 10.5 Å². The molecule has 7 nitrogen and oxygen atoms in total. The minimum Gasteiger partial charge on any atom is -0.323 e. The molecule has 3 amide bonds. The lowest BCUT2D eigenvalue weighted by atomic mass is 10.1. The lowest BCUT2D eigenvalue weighted by molar-refractivity contribution is -0.123. The van der Waals surface area contributed by atoms with Crippen molar-refractivity contribution in [3.05, 3.63) is 29.7 Å². The number of nitrogens with zero attached hydrogens (tertiary/aromatic N) is 4. The number of anilines is 1. The summed E-state index contributed by atoms with van der Waals surface area (Å²) in [5.41, 5.74) is 9.48. The molecule has 0 radical (unpaired) electrons. The Bertz CT molecular complexity index is 839. The van der Waals surface area contributed by atoms with Gasteiger partial charge in [0.1, 0.15) is 6.54 Å². The fourth-order valence-corrected chi connectivity index (χ4v) is 3.13. The Balaban J connectivity index is 1.87. The SMILES string of the molecule is CC[C@@H](N)c1cn2cc(C3CC3)cc(N3CC(=O)N(C)C3=O)c2n1. The predicted molar refractivity (Wildman–Crippen MR) is 89.9 cm³/mol. The van der Waals surface area contributed by atoms with Crippen molar-refractivity contribution in [3.63, 3.8) is 0 Å². The zero-order valence-electron chi connectivity index (χ0n) is 13.9. The number of fused-ring (bicyclic) bond motifs is 1. The molecular weight excluding hydrogens is 306 g/mol. The Hall–Kier alpha value is -2.41. The van der Waals surface area contributed by atoms with Gasteiger partial charge < -0.3 is 10.1 Å². The van der Waals surface area contributed by atoms with Gasteiger partial charge in [0.15, 0.2) is 5.65 Å². The first-order valence-corrected chi connectivity index (χ1v) is 8.35. The van der Waals surface area contributed by atoms with Crippen molar-refractivity contribution in [1.29, 1.82) is 0 Å². The number of carbonyl (C=O) groups excluding carboxylic acids is 2. The Kier molecular flexibility index (Phi) is 3.35. The second kappa shape index (κ2) is 5.31. The summed E-state index contributed by atoms with van der Waals surface area (Å²) in [5.74, 6) is 0.331. The first-order valence-electron chi connectivity index (χ1n) is 8.35. The maximum atomic E-state index is 12.4. The molecular formula is C17H21N5O2. The van der Waals surface area contributed by atoms with Crippen molar-refractivity contribution >= 4 is 23.3 Å². The fourth-order valence-electron chi connectivity index (χ4n) is 3.13. The number of hydrogen-bond donors (Lipinski definition) is 1. The summed E-state index contributed by atoms with van der Waals surface area (Å²) in [6, 6.07) is 1.56. The molecule has 2 fully saturated rings. The molecule has 3 heterocycles. The Morgan fingerprint density at radius 2 is 2.08 bits per heavy atom. The number of hydrogen-bond acceptors (Lipinski definition) is 4. The molecule has 2 aromatic rings. The summed E-state index contributed by atoms with van der Waals surface area (Å²) in [5, 5.41) is 0. The third-order valence-corrected chi connectivity index (χ3v) is 4.92. The number of aromatic nitrogens is 2. The number of amides is 3. The fraction of sp³-hybridized carbons (Fsp3) is 0.471. The summed E-state index contributed by atoms with van der Waals surface area (Å²) in [6.45, 7) is 2.07. The van der Waals surface area contributed by atoms with E-state index in [-0.39, 0.29) is 24.5 Å². The number of pyridine rings is 1. The Morgan fingerprint density at radius 3 is 2.67 bits per heavy atom. The molecule has 1 atom stereocenters. The highest BCUT2D eigenvalue weighted by molar-refractivity contribution is 6.13. The van der Waals surface area contributed by atoms with Crippen LogP contribution in [0.15, 0.2) is 18.5 Å². The van der Waals surface area contributed by atoms with Gasteiger partial charge in [-0.3, -0.25) is 14.6 Å². The number of likely N-dealkylation sites (N-methyl/N-ethyl adjacent to an activating group) is 1. The number of rotatable bonds is 4. The minimum absolute atomic E-state index is 0.0567. The molecule has 1 saturated heterocycles. The number of nitrogens with two attached hydrogens (primary N) is 1. The highest BCUT2D eigenvalue weighted by Gasteiger charge is 2.36. The van der Waals surface area contributed by atoms with E-state index < -0.39 is 0 Å². The second-order valence-electron chi connectivity index (χ2n) is 6.67. The number of carbonyl (C=O) groups is 2. The molecule has 0 bridgehead atoms. The Labute approximate surface area is 140 Å². The van der Waals surface area contributed by atoms with Gasteiger partial charge >= 0.3 is 6.03 Å². The first kappa shape index (κ1) is 15.1. The molecule has 0 spiro atoms. The van der Waals surface area contributed by atoms with Crippen LogP contribution in [0, 0.1) is 0 Å². The molecule has 2 aliphatic rings. The third kappa shape index (κ3) is 2.27. The highest BCUT2D eigenvalue weighted by atomic mass is 16.2. The van der Waals surface area contributed by atoms with Gasteiger partial charge in [-0.05, 0) is 36.8 Å². The average Bonchev–Trinajstić information content (AvgIpc) is 3.29. The second-order valence-corrected chi connectivity index (χ2v) is 6.67. The van der Waals surface area contributed by atoms with Crippen LogP contribution in [0.5, 0.6) is 0 Å². The van der Waals surface area contributed by atoms with Gasteiger partial charge in [0, 0.05) is 25.5 Å². The van der Waals surface area contributed by atoms with Crippen LogP contribution >= 0.6 is 0 Å². The van der Waals surface area contributed by atoms with Crippen molar-refractivity contribution in [3.8, 4) is 0 Å². The molecule has 0 unspecified atom stereocenters. The van der Waals surface area contributed by atoms with Gasteiger partial charge in [0.2, 0.25) is 5.91 Å². The quantitative estimate of drug-likeness (QED) is 0.871. The van der Waals surface area contributed by atoms with Crippen molar-refractivity contribution in [2.75, 3.05) is 18.5 Å². The van der Waals surface area contributed by atoms with E-state index in [1.807, 2.05) is 23.6 Å². The van der Waals surface area contributed by atoms with Gasteiger partial charge in [0.25, 0.3) is 0 Å². The number of imidazole rings is 1. The van der Waals surface area contributed by atoms with E-state index in [0.29, 0.717) is 17.3 Å². The zero-order chi connectivity index (χ0) is 17.0. The van der Waals surface area contributed by atoms with Gasteiger partial charge in [-0.2, -0.15) is 0 Å². The van der Waals surface area contributed by atoms with Crippen molar-refractivity contribution in [1.82, 2.24) is 14.3 Å². The average molecular weight is 327 g/mol. The van der Waals surface area contributed by atoms with Gasteiger partial charge in [-0.25, -0.2) is 9.78 Å². The predicted octanol–water partition coefficient (Wildman–Crippen LogP) is 2.02. The van der Waals surface area contributed by atoms with Crippen molar-refractivity contribution < 1.29 is 9.59 Å². The minimum atomic E-state index is -0.306. The van der Waals surface area contributed by atoms with E-state index in [9.17, 15) is 9.59 Å². The molecule has 1 aliphatic heterocycles. The molecule has 126 valence electrons. The van der Waals surface area contributed by atoms with Gasteiger partial charge in [-0.15, -0.1) is 0 Å².